The highest BCUT2D eigenvalue weighted by Gasteiger charge is 2.01. The summed E-state index contributed by atoms with van der Waals surface area (Å²) in [7, 11) is 1.64. The molecule has 0 aliphatic heterocycles. The van der Waals surface area contributed by atoms with Gasteiger partial charge in [0.15, 0.2) is 0 Å². The molecular weight excluding hydrogens is 254 g/mol. The predicted molar refractivity (Wildman–Crippen MR) is 81.3 cm³/mol. The van der Waals surface area contributed by atoms with E-state index >= 15 is 0 Å². The van der Waals surface area contributed by atoms with Gasteiger partial charge in [-0.2, -0.15) is 0 Å². The number of ether oxygens (including phenoxy) is 2. The van der Waals surface area contributed by atoms with E-state index in [1.54, 1.807) is 13.2 Å². The molecule has 2 aromatic rings. The molecular formula is C16H25NO3. The van der Waals surface area contributed by atoms with Crippen molar-refractivity contribution >= 4 is 0 Å². The Labute approximate surface area is 121 Å². The number of rotatable bonds is 4. The molecule has 0 bridgehead atoms. The summed E-state index contributed by atoms with van der Waals surface area (Å²) in [5.41, 5.74) is 1.06. The van der Waals surface area contributed by atoms with Gasteiger partial charge < -0.3 is 14.0 Å². The summed E-state index contributed by atoms with van der Waals surface area (Å²) in [6, 6.07) is 9.44. The maximum absolute atomic E-state index is 5.44. The van der Waals surface area contributed by atoms with Gasteiger partial charge in [-0.15, -0.1) is 0 Å². The van der Waals surface area contributed by atoms with E-state index in [0.717, 1.165) is 17.1 Å². The van der Waals surface area contributed by atoms with Gasteiger partial charge in [0.1, 0.15) is 18.1 Å². The van der Waals surface area contributed by atoms with Crippen LogP contribution in [0, 0.1) is 6.92 Å². The van der Waals surface area contributed by atoms with Gasteiger partial charge in [0, 0.05) is 6.07 Å². The zero-order valence-electron chi connectivity index (χ0n) is 13.3. The van der Waals surface area contributed by atoms with E-state index in [9.17, 15) is 0 Å². The summed E-state index contributed by atoms with van der Waals surface area (Å²) in [5, 5.41) is 3.74. The highest BCUT2D eigenvalue weighted by molar-refractivity contribution is 5.27. The lowest BCUT2D eigenvalue weighted by atomic mass is 10.2. The van der Waals surface area contributed by atoms with Gasteiger partial charge in [0.2, 0.25) is 0 Å². The minimum absolute atomic E-state index is 0.468. The molecule has 0 N–H and O–H groups in total. The fraction of sp³-hybridized carbons (Fsp3) is 0.438. The summed E-state index contributed by atoms with van der Waals surface area (Å²) < 4.78 is 15.4. The summed E-state index contributed by atoms with van der Waals surface area (Å²) in [6.45, 7) is 10.3. The van der Waals surface area contributed by atoms with E-state index in [4.69, 9.17) is 14.0 Å². The Kier molecular flexibility index (Phi) is 9.83. The number of benzene rings is 1. The Morgan fingerprint density at radius 3 is 2.10 bits per heavy atom. The van der Waals surface area contributed by atoms with Crippen LogP contribution in [0.3, 0.4) is 0 Å². The monoisotopic (exact) mass is 279 g/mol. The molecule has 4 heteroatoms. The summed E-state index contributed by atoms with van der Waals surface area (Å²) in [4.78, 5) is 0. The van der Waals surface area contributed by atoms with Gasteiger partial charge in [-0.05, 0) is 29.8 Å². The predicted octanol–water partition coefficient (Wildman–Crippen LogP) is 4.62. The highest BCUT2D eigenvalue weighted by atomic mass is 16.5. The molecule has 0 radical (unpaired) electrons. The average molecular weight is 279 g/mol. The van der Waals surface area contributed by atoms with Crippen LogP contribution in [0.15, 0.2) is 34.9 Å². The number of hydrogen-bond donors (Lipinski definition) is 0. The van der Waals surface area contributed by atoms with Crippen molar-refractivity contribution in [1.29, 1.82) is 0 Å². The van der Waals surface area contributed by atoms with Gasteiger partial charge in [0.25, 0.3) is 5.88 Å². The van der Waals surface area contributed by atoms with E-state index in [1.807, 2.05) is 58.9 Å². The normalized spacial score (nSPS) is 8.70. The van der Waals surface area contributed by atoms with Crippen molar-refractivity contribution in [3.05, 3.63) is 41.7 Å². The van der Waals surface area contributed by atoms with Gasteiger partial charge in [-0.1, -0.05) is 39.8 Å². The average Bonchev–Trinajstić information content (AvgIpc) is 2.95. The van der Waals surface area contributed by atoms with E-state index in [0.29, 0.717) is 12.5 Å². The smallest absolute Gasteiger partial charge is 0.254 e. The highest BCUT2D eigenvalue weighted by Crippen LogP contribution is 2.15. The van der Waals surface area contributed by atoms with Crippen LogP contribution in [0.4, 0.5) is 0 Å². The van der Waals surface area contributed by atoms with Gasteiger partial charge in [-0.3, -0.25) is 0 Å². The van der Waals surface area contributed by atoms with E-state index in [-0.39, 0.29) is 0 Å². The molecule has 4 nitrogen and oxygen atoms in total. The zero-order chi connectivity index (χ0) is 15.4. The molecule has 0 saturated carbocycles. The molecule has 0 spiro atoms. The Hall–Kier alpha value is -1.97. The summed E-state index contributed by atoms with van der Waals surface area (Å²) >= 11 is 0. The zero-order valence-corrected chi connectivity index (χ0v) is 13.3. The maximum Gasteiger partial charge on any atom is 0.254 e. The lowest BCUT2D eigenvalue weighted by Gasteiger charge is -2.03. The van der Waals surface area contributed by atoms with Crippen LogP contribution in [0.25, 0.3) is 0 Å². The van der Waals surface area contributed by atoms with Crippen LogP contribution in [0.1, 0.15) is 39.0 Å². The molecule has 0 unspecified atom stereocenters. The van der Waals surface area contributed by atoms with Crippen molar-refractivity contribution in [3.8, 4) is 11.6 Å². The van der Waals surface area contributed by atoms with Crippen LogP contribution in [0.2, 0.25) is 0 Å². The fourth-order valence-corrected chi connectivity index (χ4v) is 1.29. The van der Waals surface area contributed by atoms with Crippen molar-refractivity contribution in [2.75, 3.05) is 7.11 Å². The third kappa shape index (κ3) is 6.27. The molecule has 112 valence electrons. The first kappa shape index (κ1) is 18.0. The van der Waals surface area contributed by atoms with Crippen molar-refractivity contribution in [2.45, 2.75) is 41.2 Å². The Morgan fingerprint density at radius 1 is 1.05 bits per heavy atom. The molecule has 0 aliphatic rings. The largest absolute Gasteiger partial charge is 0.497 e. The number of aromatic nitrogens is 1. The van der Waals surface area contributed by atoms with Crippen LogP contribution >= 0.6 is 0 Å². The number of nitrogens with zero attached hydrogens (tertiary/aromatic N) is 1. The Bertz CT molecular complexity index is 449. The minimum atomic E-state index is 0.468. The van der Waals surface area contributed by atoms with Crippen LogP contribution in [-0.4, -0.2) is 12.3 Å². The third-order valence-electron chi connectivity index (χ3n) is 2.15. The summed E-state index contributed by atoms with van der Waals surface area (Å²) in [6.07, 6.45) is 0. The lowest BCUT2D eigenvalue weighted by Crippen LogP contribution is -1.95. The fourth-order valence-electron chi connectivity index (χ4n) is 1.29. The SMILES string of the molecule is CC.CC.COc1ccc(COc2cc(C)on2)cc1. The van der Waals surface area contributed by atoms with Crippen LogP contribution in [-0.2, 0) is 6.61 Å². The first-order valence-electron chi connectivity index (χ1n) is 6.97. The quantitative estimate of drug-likeness (QED) is 0.819. The van der Waals surface area contributed by atoms with Crippen LogP contribution < -0.4 is 9.47 Å². The molecule has 1 aromatic heterocycles. The second-order valence-electron chi connectivity index (χ2n) is 3.41. The Balaban J connectivity index is 0.000000829. The summed E-state index contributed by atoms with van der Waals surface area (Å²) in [5.74, 6) is 2.08. The van der Waals surface area contributed by atoms with Crippen molar-refractivity contribution < 1.29 is 14.0 Å². The van der Waals surface area contributed by atoms with Crippen LogP contribution in [0.5, 0.6) is 11.6 Å². The van der Waals surface area contributed by atoms with E-state index in [2.05, 4.69) is 5.16 Å². The Morgan fingerprint density at radius 2 is 1.65 bits per heavy atom. The van der Waals surface area contributed by atoms with Crippen molar-refractivity contribution in [2.24, 2.45) is 0 Å². The van der Waals surface area contributed by atoms with Gasteiger partial charge in [-0.25, -0.2) is 0 Å². The third-order valence-corrected chi connectivity index (χ3v) is 2.15. The van der Waals surface area contributed by atoms with Crippen molar-refractivity contribution in [3.63, 3.8) is 0 Å². The molecule has 1 heterocycles. The first-order valence-corrected chi connectivity index (χ1v) is 6.97. The second-order valence-corrected chi connectivity index (χ2v) is 3.41. The molecule has 0 fully saturated rings. The molecule has 0 saturated heterocycles. The number of methoxy groups -OCH3 is 1. The lowest BCUT2D eigenvalue weighted by molar-refractivity contribution is 0.267. The molecule has 0 atom stereocenters. The van der Waals surface area contributed by atoms with Gasteiger partial charge in [0.05, 0.1) is 7.11 Å². The number of aryl methyl sites for hydroxylation is 1. The van der Waals surface area contributed by atoms with Crippen molar-refractivity contribution in [1.82, 2.24) is 5.16 Å². The maximum atomic E-state index is 5.44. The molecule has 0 amide bonds. The first-order chi connectivity index (χ1) is 9.78. The number of hydrogen-bond acceptors (Lipinski definition) is 4. The molecule has 1 aromatic carbocycles. The molecule has 0 aliphatic carbocycles. The molecule has 20 heavy (non-hydrogen) atoms. The topological polar surface area (TPSA) is 44.5 Å². The van der Waals surface area contributed by atoms with E-state index < -0.39 is 0 Å². The molecule has 2 rings (SSSR count). The standard InChI is InChI=1S/C12H13NO3.2C2H6/c1-9-7-12(13-16-9)15-8-10-3-5-11(14-2)6-4-10;2*1-2/h3-7H,8H2,1-2H3;2*1-2H3. The van der Waals surface area contributed by atoms with E-state index in [1.165, 1.54) is 0 Å². The minimum Gasteiger partial charge on any atom is -0.497 e. The second kappa shape index (κ2) is 10.9. The van der Waals surface area contributed by atoms with Gasteiger partial charge >= 0.3 is 0 Å².